The average Bonchev–Trinajstić information content (AvgIpc) is 3.43. The van der Waals surface area contributed by atoms with Crippen LogP contribution < -0.4 is 5.32 Å². The predicted molar refractivity (Wildman–Crippen MR) is 105 cm³/mol. The van der Waals surface area contributed by atoms with Gasteiger partial charge >= 0.3 is 0 Å². The lowest BCUT2D eigenvalue weighted by Gasteiger charge is -2.06. The summed E-state index contributed by atoms with van der Waals surface area (Å²) in [4.78, 5) is 18.2. The molecule has 0 aliphatic carbocycles. The van der Waals surface area contributed by atoms with E-state index in [2.05, 4.69) is 27.4 Å². The normalized spacial score (nSPS) is 10.9. The summed E-state index contributed by atoms with van der Waals surface area (Å²) in [6.45, 7) is 2.79. The molecule has 0 saturated heterocycles. The number of para-hydroxylation sites is 1. The van der Waals surface area contributed by atoms with Gasteiger partial charge in [-0.15, -0.1) is 16.4 Å². The molecule has 8 heteroatoms. The maximum atomic E-state index is 12.7. The van der Waals surface area contributed by atoms with Crippen LogP contribution in [0.25, 0.3) is 16.4 Å². The zero-order valence-electron chi connectivity index (χ0n) is 14.7. The third-order valence-corrected chi connectivity index (χ3v) is 4.81. The number of amides is 1. The van der Waals surface area contributed by atoms with Gasteiger partial charge in [0.05, 0.1) is 16.8 Å². The lowest BCUT2D eigenvalue weighted by molar-refractivity contribution is 0.101. The summed E-state index contributed by atoms with van der Waals surface area (Å²) in [5, 5.41) is 13.5. The van der Waals surface area contributed by atoms with E-state index in [1.807, 2.05) is 47.8 Å². The second-order valence-electron chi connectivity index (χ2n) is 5.88. The Kier molecular flexibility index (Phi) is 4.80. The van der Waals surface area contributed by atoms with E-state index in [1.54, 1.807) is 33.0 Å². The van der Waals surface area contributed by atoms with Gasteiger partial charge < -0.3 is 5.32 Å². The van der Waals surface area contributed by atoms with Crippen LogP contribution in [0, 0.1) is 0 Å². The van der Waals surface area contributed by atoms with Crippen LogP contribution in [-0.2, 0) is 6.54 Å². The molecule has 0 saturated carbocycles. The van der Waals surface area contributed by atoms with Gasteiger partial charge in [-0.2, -0.15) is 5.10 Å². The fraction of sp³-hybridized carbons (Fsp3) is 0.158. The minimum Gasteiger partial charge on any atom is -0.304 e. The zero-order valence-corrected chi connectivity index (χ0v) is 15.6. The maximum Gasteiger partial charge on any atom is 0.296 e. The van der Waals surface area contributed by atoms with E-state index in [1.165, 1.54) is 0 Å². The second kappa shape index (κ2) is 7.55. The van der Waals surface area contributed by atoms with Gasteiger partial charge in [0.2, 0.25) is 5.82 Å². The number of carbonyl (C=O) groups excluding carboxylic acids is 1. The van der Waals surface area contributed by atoms with E-state index < -0.39 is 0 Å². The summed E-state index contributed by atoms with van der Waals surface area (Å²) in [6, 6.07) is 15.3. The van der Waals surface area contributed by atoms with Crippen molar-refractivity contribution in [2.75, 3.05) is 5.32 Å². The fourth-order valence-electron chi connectivity index (χ4n) is 2.72. The molecule has 0 aliphatic heterocycles. The quantitative estimate of drug-likeness (QED) is 0.553. The highest BCUT2D eigenvalue weighted by Gasteiger charge is 2.20. The highest BCUT2D eigenvalue weighted by Crippen LogP contribution is 2.25. The molecule has 136 valence electrons. The Morgan fingerprint density at radius 1 is 1.15 bits per heavy atom. The summed E-state index contributed by atoms with van der Waals surface area (Å²) in [5.74, 6) is 1.03. The summed E-state index contributed by atoms with van der Waals surface area (Å²) in [6.07, 6.45) is 2.59. The molecule has 1 aromatic carbocycles. The number of nitrogens with zero attached hydrogens (tertiary/aromatic N) is 5. The number of nitrogens with one attached hydrogen (secondary N) is 1. The van der Waals surface area contributed by atoms with Gasteiger partial charge in [-0.25, -0.2) is 14.3 Å². The minimum absolute atomic E-state index is 0.117. The Hall–Kier alpha value is -3.26. The van der Waals surface area contributed by atoms with Crippen LogP contribution in [0.15, 0.2) is 60.1 Å². The van der Waals surface area contributed by atoms with Crippen molar-refractivity contribution >= 4 is 23.1 Å². The lowest BCUT2D eigenvalue weighted by atomic mass is 10.3. The van der Waals surface area contributed by atoms with Crippen molar-refractivity contribution in [1.82, 2.24) is 24.5 Å². The smallest absolute Gasteiger partial charge is 0.296 e. The van der Waals surface area contributed by atoms with Crippen LogP contribution in [0.3, 0.4) is 0 Å². The monoisotopic (exact) mass is 378 g/mol. The van der Waals surface area contributed by atoms with Crippen molar-refractivity contribution in [3.05, 3.63) is 65.9 Å². The molecular formula is C19H18N6OS. The first-order valence-electron chi connectivity index (χ1n) is 8.66. The van der Waals surface area contributed by atoms with E-state index in [0.29, 0.717) is 11.6 Å². The first-order chi connectivity index (χ1) is 13.3. The number of aromatic nitrogens is 5. The van der Waals surface area contributed by atoms with Gasteiger partial charge in [-0.1, -0.05) is 31.2 Å². The second-order valence-corrected chi connectivity index (χ2v) is 6.83. The lowest BCUT2D eigenvalue weighted by Crippen LogP contribution is -2.17. The third kappa shape index (κ3) is 3.52. The first kappa shape index (κ1) is 17.2. The van der Waals surface area contributed by atoms with Crippen LogP contribution in [0.1, 0.15) is 24.0 Å². The fourth-order valence-corrected chi connectivity index (χ4v) is 3.42. The van der Waals surface area contributed by atoms with Crippen LogP contribution in [0.2, 0.25) is 0 Å². The van der Waals surface area contributed by atoms with E-state index in [9.17, 15) is 4.79 Å². The highest BCUT2D eigenvalue weighted by molar-refractivity contribution is 7.13. The van der Waals surface area contributed by atoms with Gasteiger partial charge in [-0.05, 0) is 30.0 Å². The standard InChI is InChI=1S/C19H18N6OS/c1-2-12-24-16(10-11-20-24)21-19(26)17-22-18(15-9-6-13-27-15)25(23-17)14-7-4-3-5-8-14/h3-11,13H,2,12H2,1H3,(H,21,26). The topological polar surface area (TPSA) is 77.6 Å². The molecule has 1 amide bonds. The van der Waals surface area contributed by atoms with E-state index >= 15 is 0 Å². The largest absolute Gasteiger partial charge is 0.304 e. The van der Waals surface area contributed by atoms with Crippen molar-refractivity contribution in [2.45, 2.75) is 19.9 Å². The van der Waals surface area contributed by atoms with Crippen molar-refractivity contribution in [1.29, 1.82) is 0 Å². The highest BCUT2D eigenvalue weighted by atomic mass is 32.1. The van der Waals surface area contributed by atoms with Gasteiger partial charge in [0.25, 0.3) is 5.91 Å². The Bertz CT molecular complexity index is 1040. The Morgan fingerprint density at radius 2 is 2.00 bits per heavy atom. The van der Waals surface area contributed by atoms with Crippen LogP contribution in [-0.4, -0.2) is 30.5 Å². The molecule has 0 fully saturated rings. The molecule has 3 heterocycles. The number of rotatable bonds is 6. The van der Waals surface area contributed by atoms with E-state index in [4.69, 9.17) is 0 Å². The molecular weight excluding hydrogens is 360 g/mol. The van der Waals surface area contributed by atoms with Crippen molar-refractivity contribution in [2.24, 2.45) is 0 Å². The number of hydrogen-bond donors (Lipinski definition) is 1. The molecule has 1 N–H and O–H groups in total. The molecule has 4 rings (SSSR count). The van der Waals surface area contributed by atoms with Gasteiger partial charge in [-0.3, -0.25) is 4.79 Å². The van der Waals surface area contributed by atoms with E-state index in [0.717, 1.165) is 23.5 Å². The van der Waals surface area contributed by atoms with Gasteiger partial charge in [0.1, 0.15) is 5.82 Å². The Morgan fingerprint density at radius 3 is 2.74 bits per heavy atom. The third-order valence-electron chi connectivity index (χ3n) is 3.95. The number of carbonyl (C=O) groups is 1. The van der Waals surface area contributed by atoms with Gasteiger partial charge in [0, 0.05) is 12.6 Å². The number of thiophene rings is 1. The van der Waals surface area contributed by atoms with Crippen molar-refractivity contribution < 1.29 is 4.79 Å². The van der Waals surface area contributed by atoms with Gasteiger partial charge in [0.15, 0.2) is 5.82 Å². The summed E-state index contributed by atoms with van der Waals surface area (Å²) in [7, 11) is 0. The van der Waals surface area contributed by atoms with Crippen LogP contribution in [0.5, 0.6) is 0 Å². The number of hydrogen-bond acceptors (Lipinski definition) is 5. The molecule has 0 spiro atoms. The molecule has 0 aliphatic rings. The Labute approximate surface area is 160 Å². The molecule has 0 bridgehead atoms. The molecule has 27 heavy (non-hydrogen) atoms. The molecule has 7 nitrogen and oxygen atoms in total. The van der Waals surface area contributed by atoms with Crippen molar-refractivity contribution in [3.8, 4) is 16.4 Å². The SMILES string of the molecule is CCCn1nccc1NC(=O)c1nc(-c2cccs2)n(-c2ccccc2)n1. The van der Waals surface area contributed by atoms with E-state index in [-0.39, 0.29) is 11.7 Å². The molecule has 0 atom stereocenters. The number of benzene rings is 1. The number of aryl methyl sites for hydroxylation is 1. The summed E-state index contributed by atoms with van der Waals surface area (Å²) >= 11 is 1.56. The average molecular weight is 378 g/mol. The summed E-state index contributed by atoms with van der Waals surface area (Å²) in [5.41, 5.74) is 0.850. The maximum absolute atomic E-state index is 12.7. The minimum atomic E-state index is -0.361. The first-order valence-corrected chi connectivity index (χ1v) is 9.53. The molecule has 3 aromatic heterocycles. The van der Waals surface area contributed by atoms with Crippen LogP contribution >= 0.6 is 11.3 Å². The molecule has 4 aromatic rings. The molecule has 0 unspecified atom stereocenters. The summed E-state index contributed by atoms with van der Waals surface area (Å²) < 4.78 is 3.45. The molecule has 0 radical (unpaired) electrons. The zero-order chi connectivity index (χ0) is 18.6. The predicted octanol–water partition coefficient (Wildman–Crippen LogP) is 3.85. The van der Waals surface area contributed by atoms with Crippen molar-refractivity contribution in [3.63, 3.8) is 0 Å². The van der Waals surface area contributed by atoms with Crippen LogP contribution in [0.4, 0.5) is 5.82 Å². The Balaban J connectivity index is 1.69. The number of anilines is 1.